The summed E-state index contributed by atoms with van der Waals surface area (Å²) in [6.07, 6.45) is 0. The van der Waals surface area contributed by atoms with Crippen LogP contribution in [0.3, 0.4) is 0 Å². The first-order valence-corrected chi connectivity index (χ1v) is 5.32. The maximum Gasteiger partial charge on any atom is 4.00 e. The summed E-state index contributed by atoms with van der Waals surface area (Å²) in [4.78, 5) is 0.143. The van der Waals surface area contributed by atoms with Gasteiger partial charge in [0.15, 0.2) is 0 Å². The summed E-state index contributed by atoms with van der Waals surface area (Å²) in [5.41, 5.74) is 1.01. The van der Waals surface area contributed by atoms with Gasteiger partial charge in [-0.15, -0.1) is 0 Å². The summed E-state index contributed by atoms with van der Waals surface area (Å²) in [5.74, 6) is 0. The van der Waals surface area contributed by atoms with Crippen LogP contribution >= 0.6 is 10.7 Å². The second-order valence-electron chi connectivity index (χ2n) is 2.25. The predicted molar refractivity (Wildman–Crippen MR) is 44.2 cm³/mol. The van der Waals surface area contributed by atoms with Crippen molar-refractivity contribution in [2.45, 2.75) is 11.8 Å². The molecule has 0 saturated carbocycles. The Morgan fingerprint density at radius 3 is 1.50 bits per heavy atom. The fraction of sp³-hybridized carbons (Fsp3) is 0.143. The second-order valence-corrected chi connectivity index (χ2v) is 4.82. The van der Waals surface area contributed by atoms with Crippen LogP contribution in [0.15, 0.2) is 29.2 Å². The number of benzene rings is 1. The zero-order chi connectivity index (χ0) is 8.48. The minimum absolute atomic E-state index is 0. The molecule has 0 saturated heterocycles. The van der Waals surface area contributed by atoms with E-state index in [-0.39, 0.29) is 94.5 Å². The Kier molecular flexibility index (Phi) is 26.1. The van der Waals surface area contributed by atoms with E-state index in [9.17, 15) is 8.42 Å². The molecule has 0 N–H and O–H groups in total. The van der Waals surface area contributed by atoms with Crippen LogP contribution in [0.25, 0.3) is 0 Å². The van der Waals surface area contributed by atoms with Crippen molar-refractivity contribution in [1.82, 2.24) is 0 Å². The summed E-state index contributed by atoms with van der Waals surface area (Å²) in [6, 6.07) is 6.37. The third kappa shape index (κ3) is 11.2. The molecule has 0 unspecified atom stereocenters. The van der Waals surface area contributed by atoms with E-state index in [0.29, 0.717) is 0 Å². The summed E-state index contributed by atoms with van der Waals surface area (Å²) >= 11 is 0. The molecular formula is C7H7Br4ClO2STi. The van der Waals surface area contributed by atoms with Gasteiger partial charge in [0.1, 0.15) is 0 Å². The molecule has 0 heterocycles. The molecular weight excluding hydrogens is 551 g/mol. The van der Waals surface area contributed by atoms with Crippen molar-refractivity contribution in [3.8, 4) is 0 Å². The van der Waals surface area contributed by atoms with Gasteiger partial charge in [0.25, 0.3) is 9.05 Å². The van der Waals surface area contributed by atoms with Gasteiger partial charge in [-0.05, 0) is 19.1 Å². The minimum Gasteiger partial charge on any atom is -1.00 e. The van der Waals surface area contributed by atoms with Crippen LogP contribution in [0.1, 0.15) is 5.56 Å². The standard InChI is InChI=1S/C7H7ClO2S.4BrH.Ti/c1-6-2-4-7(5-3-6)11(8,9)10;;;;;/h2-5H,1H3;4*1H;/q;;;;;+4/p-4. The third-order valence-corrected chi connectivity index (χ3v) is 2.67. The second kappa shape index (κ2) is 13.5. The predicted octanol–water partition coefficient (Wildman–Crippen LogP) is -10.1. The van der Waals surface area contributed by atoms with E-state index in [2.05, 4.69) is 0 Å². The molecule has 92 valence electrons. The Bertz CT molecular complexity index is 357. The molecule has 0 aromatic heterocycles. The molecule has 0 aliphatic rings. The smallest absolute Gasteiger partial charge is 1.00 e. The molecule has 0 radical (unpaired) electrons. The van der Waals surface area contributed by atoms with Gasteiger partial charge in [-0.2, -0.15) is 0 Å². The quantitative estimate of drug-likeness (QED) is 0.254. The average molecular weight is 558 g/mol. The Hall–Kier alpha value is 2.09. The molecule has 0 fully saturated rings. The number of halogens is 5. The van der Waals surface area contributed by atoms with Gasteiger partial charge in [0, 0.05) is 10.7 Å². The maximum atomic E-state index is 10.7. The van der Waals surface area contributed by atoms with E-state index in [0.717, 1.165) is 5.56 Å². The van der Waals surface area contributed by atoms with Gasteiger partial charge in [-0.1, -0.05) is 17.7 Å². The maximum absolute atomic E-state index is 10.7. The van der Waals surface area contributed by atoms with Gasteiger partial charge in [0.05, 0.1) is 4.90 Å². The Balaban J connectivity index is -0.0000000807. The molecule has 0 bridgehead atoms. The van der Waals surface area contributed by atoms with Gasteiger partial charge in [0.2, 0.25) is 0 Å². The van der Waals surface area contributed by atoms with Crippen molar-refractivity contribution in [2.75, 3.05) is 0 Å². The Labute approximate surface area is 157 Å². The molecule has 0 spiro atoms. The van der Waals surface area contributed by atoms with E-state index >= 15 is 0 Å². The zero-order valence-corrected chi connectivity index (χ0v) is 17.4. The van der Waals surface area contributed by atoms with Gasteiger partial charge >= 0.3 is 21.7 Å². The number of aryl methyl sites for hydroxylation is 1. The number of hydrogen-bond donors (Lipinski definition) is 0. The molecule has 1 aromatic carbocycles. The van der Waals surface area contributed by atoms with Crippen LogP contribution in [0.4, 0.5) is 0 Å². The van der Waals surface area contributed by atoms with E-state index in [1.165, 1.54) is 12.1 Å². The first kappa shape index (κ1) is 30.8. The Morgan fingerprint density at radius 1 is 0.938 bits per heavy atom. The van der Waals surface area contributed by atoms with E-state index < -0.39 is 9.05 Å². The minimum atomic E-state index is -3.55. The zero-order valence-electron chi connectivity index (χ0n) is 7.92. The van der Waals surface area contributed by atoms with Gasteiger partial charge < -0.3 is 67.9 Å². The van der Waals surface area contributed by atoms with Crippen LogP contribution in [0, 0.1) is 6.92 Å². The molecule has 0 aliphatic carbocycles. The average Bonchev–Trinajstić information content (AvgIpc) is 1.86. The van der Waals surface area contributed by atoms with Gasteiger partial charge in [-0.3, -0.25) is 0 Å². The number of hydrogen-bond acceptors (Lipinski definition) is 2. The largest absolute Gasteiger partial charge is 4.00 e. The molecule has 1 aromatic rings. The van der Waals surface area contributed by atoms with Crippen molar-refractivity contribution in [3.63, 3.8) is 0 Å². The molecule has 16 heavy (non-hydrogen) atoms. The number of rotatable bonds is 1. The fourth-order valence-electron chi connectivity index (χ4n) is 0.701. The molecule has 2 nitrogen and oxygen atoms in total. The van der Waals surface area contributed by atoms with Crippen LogP contribution in [0.2, 0.25) is 0 Å². The Morgan fingerprint density at radius 2 is 1.25 bits per heavy atom. The van der Waals surface area contributed by atoms with Crippen LogP contribution in [-0.2, 0) is 30.8 Å². The molecule has 0 atom stereocenters. The summed E-state index contributed by atoms with van der Waals surface area (Å²) < 4.78 is 21.4. The van der Waals surface area contributed by atoms with E-state index in [1.807, 2.05) is 6.92 Å². The first-order chi connectivity index (χ1) is 5.00. The van der Waals surface area contributed by atoms with Crippen LogP contribution < -0.4 is 67.9 Å². The van der Waals surface area contributed by atoms with Crippen LogP contribution in [0.5, 0.6) is 0 Å². The van der Waals surface area contributed by atoms with Crippen molar-refractivity contribution < 1.29 is 98.1 Å². The van der Waals surface area contributed by atoms with Crippen molar-refractivity contribution >= 4 is 19.7 Å². The monoisotopic (exact) mass is 554 g/mol. The SMILES string of the molecule is Cc1ccc(S(=O)(=O)Cl)cc1.[Br-].[Br-].[Br-].[Br-].[Ti+4]. The molecule has 0 aliphatic heterocycles. The van der Waals surface area contributed by atoms with E-state index in [4.69, 9.17) is 10.7 Å². The summed E-state index contributed by atoms with van der Waals surface area (Å²) in [7, 11) is 1.54. The topological polar surface area (TPSA) is 34.1 Å². The molecule has 9 heteroatoms. The summed E-state index contributed by atoms with van der Waals surface area (Å²) in [6.45, 7) is 1.88. The third-order valence-electron chi connectivity index (χ3n) is 1.30. The normalized spacial score (nSPS) is 7.88. The van der Waals surface area contributed by atoms with Crippen LogP contribution in [-0.4, -0.2) is 8.42 Å². The van der Waals surface area contributed by atoms with Crippen molar-refractivity contribution in [1.29, 1.82) is 0 Å². The van der Waals surface area contributed by atoms with Crippen molar-refractivity contribution in [3.05, 3.63) is 29.8 Å². The van der Waals surface area contributed by atoms with E-state index in [1.54, 1.807) is 12.1 Å². The molecule has 0 amide bonds. The molecule has 1 rings (SSSR count). The summed E-state index contributed by atoms with van der Waals surface area (Å²) in [5, 5.41) is 0. The van der Waals surface area contributed by atoms with Crippen molar-refractivity contribution in [2.24, 2.45) is 0 Å². The fourth-order valence-corrected chi connectivity index (χ4v) is 1.47. The first-order valence-electron chi connectivity index (χ1n) is 3.01. The van der Waals surface area contributed by atoms with Gasteiger partial charge in [-0.25, -0.2) is 8.42 Å².